The molecular formula is C16H10BrN3. The highest BCUT2D eigenvalue weighted by Gasteiger charge is 2.08. The van der Waals surface area contributed by atoms with E-state index in [1.807, 2.05) is 53.2 Å². The zero-order valence-electron chi connectivity index (χ0n) is 10.5. The van der Waals surface area contributed by atoms with E-state index in [4.69, 9.17) is 5.26 Å². The Morgan fingerprint density at radius 1 is 1.00 bits per heavy atom. The van der Waals surface area contributed by atoms with Gasteiger partial charge in [0.25, 0.3) is 0 Å². The number of nitriles is 1. The second-order valence-corrected chi connectivity index (χ2v) is 5.10. The van der Waals surface area contributed by atoms with E-state index in [0.29, 0.717) is 5.56 Å². The maximum Gasteiger partial charge on any atom is 0.110 e. The lowest BCUT2D eigenvalue weighted by Gasteiger charge is -2.02. The van der Waals surface area contributed by atoms with Crippen LogP contribution in [0.25, 0.3) is 16.9 Å². The first-order chi connectivity index (χ1) is 9.78. The standard InChI is InChI=1S/C16H10BrN3/c17-16-10-15(13-8-6-12(11-18)7-9-13)19-20(16)14-4-2-1-3-5-14/h1-10H. The number of para-hydroxylation sites is 1. The number of nitrogens with zero attached hydrogens (tertiary/aromatic N) is 3. The lowest BCUT2D eigenvalue weighted by atomic mass is 10.1. The summed E-state index contributed by atoms with van der Waals surface area (Å²) in [6.07, 6.45) is 0. The Balaban J connectivity index is 2.02. The van der Waals surface area contributed by atoms with Gasteiger partial charge >= 0.3 is 0 Å². The normalized spacial score (nSPS) is 10.2. The first-order valence-corrected chi connectivity index (χ1v) is 6.89. The van der Waals surface area contributed by atoms with Crippen molar-refractivity contribution in [3.63, 3.8) is 0 Å². The molecule has 0 aliphatic heterocycles. The molecule has 0 radical (unpaired) electrons. The van der Waals surface area contributed by atoms with Gasteiger partial charge in [-0.1, -0.05) is 30.3 Å². The summed E-state index contributed by atoms with van der Waals surface area (Å²) in [6.45, 7) is 0. The molecule has 1 aromatic heterocycles. The van der Waals surface area contributed by atoms with Gasteiger partial charge in [0, 0.05) is 5.56 Å². The number of rotatable bonds is 2. The molecule has 0 aliphatic rings. The minimum absolute atomic E-state index is 0.648. The van der Waals surface area contributed by atoms with Gasteiger partial charge < -0.3 is 0 Å². The van der Waals surface area contributed by atoms with Crippen molar-refractivity contribution in [2.45, 2.75) is 0 Å². The highest BCUT2D eigenvalue weighted by molar-refractivity contribution is 9.10. The molecule has 0 aliphatic carbocycles. The van der Waals surface area contributed by atoms with Crippen LogP contribution in [0.4, 0.5) is 0 Å². The van der Waals surface area contributed by atoms with Gasteiger partial charge in [-0.25, -0.2) is 4.68 Å². The predicted molar refractivity (Wildman–Crippen MR) is 81.4 cm³/mol. The van der Waals surface area contributed by atoms with Gasteiger partial charge in [-0.3, -0.25) is 0 Å². The Bertz CT molecular complexity index is 768. The van der Waals surface area contributed by atoms with Crippen molar-refractivity contribution in [3.05, 3.63) is 70.8 Å². The largest absolute Gasteiger partial charge is 0.226 e. The maximum absolute atomic E-state index is 8.82. The van der Waals surface area contributed by atoms with E-state index < -0.39 is 0 Å². The van der Waals surface area contributed by atoms with Crippen molar-refractivity contribution in [2.75, 3.05) is 0 Å². The molecule has 96 valence electrons. The van der Waals surface area contributed by atoms with Crippen molar-refractivity contribution in [1.82, 2.24) is 9.78 Å². The summed E-state index contributed by atoms with van der Waals surface area (Å²) in [5, 5.41) is 13.4. The number of hydrogen-bond acceptors (Lipinski definition) is 2. The molecule has 0 N–H and O–H groups in total. The van der Waals surface area contributed by atoms with Crippen LogP contribution in [0.1, 0.15) is 5.56 Å². The average molecular weight is 324 g/mol. The molecule has 0 amide bonds. The number of benzene rings is 2. The topological polar surface area (TPSA) is 41.6 Å². The summed E-state index contributed by atoms with van der Waals surface area (Å²) < 4.78 is 2.73. The quantitative estimate of drug-likeness (QED) is 0.710. The summed E-state index contributed by atoms with van der Waals surface area (Å²) >= 11 is 3.53. The third-order valence-corrected chi connectivity index (χ3v) is 3.54. The van der Waals surface area contributed by atoms with Crippen molar-refractivity contribution >= 4 is 15.9 Å². The fraction of sp³-hybridized carbons (Fsp3) is 0. The van der Waals surface area contributed by atoms with Gasteiger partial charge in [-0.15, -0.1) is 0 Å². The fourth-order valence-electron chi connectivity index (χ4n) is 1.97. The molecule has 0 atom stereocenters. The highest BCUT2D eigenvalue weighted by Crippen LogP contribution is 2.25. The Kier molecular flexibility index (Phi) is 3.36. The first kappa shape index (κ1) is 12.6. The van der Waals surface area contributed by atoms with Gasteiger partial charge in [0.1, 0.15) is 4.60 Å². The number of hydrogen-bond donors (Lipinski definition) is 0. The van der Waals surface area contributed by atoms with Crippen LogP contribution in [0.3, 0.4) is 0 Å². The van der Waals surface area contributed by atoms with Crippen molar-refractivity contribution in [1.29, 1.82) is 5.26 Å². The van der Waals surface area contributed by atoms with Crippen LogP contribution < -0.4 is 0 Å². The van der Waals surface area contributed by atoms with Gasteiger partial charge in [0.2, 0.25) is 0 Å². The molecule has 3 nitrogen and oxygen atoms in total. The molecule has 0 bridgehead atoms. The smallest absolute Gasteiger partial charge is 0.110 e. The van der Waals surface area contributed by atoms with E-state index in [1.54, 1.807) is 12.1 Å². The summed E-state index contributed by atoms with van der Waals surface area (Å²) in [5.74, 6) is 0. The first-order valence-electron chi connectivity index (χ1n) is 6.09. The summed E-state index contributed by atoms with van der Waals surface area (Å²) in [4.78, 5) is 0. The molecule has 2 aromatic carbocycles. The molecule has 0 saturated carbocycles. The third-order valence-electron chi connectivity index (χ3n) is 2.98. The van der Waals surface area contributed by atoms with Crippen molar-refractivity contribution in [2.24, 2.45) is 0 Å². The lowest BCUT2D eigenvalue weighted by molar-refractivity contribution is 0.864. The highest BCUT2D eigenvalue weighted by atomic mass is 79.9. The Labute approximate surface area is 125 Å². The van der Waals surface area contributed by atoms with Crippen LogP contribution in [0.2, 0.25) is 0 Å². The monoisotopic (exact) mass is 323 g/mol. The SMILES string of the molecule is N#Cc1ccc(-c2cc(Br)n(-c3ccccc3)n2)cc1. The zero-order valence-corrected chi connectivity index (χ0v) is 12.1. The Morgan fingerprint density at radius 3 is 2.35 bits per heavy atom. The third kappa shape index (κ3) is 2.36. The summed E-state index contributed by atoms with van der Waals surface area (Å²) in [7, 11) is 0. The molecule has 0 fully saturated rings. The zero-order chi connectivity index (χ0) is 13.9. The van der Waals surface area contributed by atoms with Gasteiger partial charge in [0.05, 0.1) is 23.0 Å². The minimum Gasteiger partial charge on any atom is -0.226 e. The van der Waals surface area contributed by atoms with Crippen molar-refractivity contribution < 1.29 is 0 Å². The molecule has 4 heteroatoms. The molecule has 0 spiro atoms. The van der Waals surface area contributed by atoms with E-state index in [2.05, 4.69) is 27.1 Å². The summed E-state index contributed by atoms with van der Waals surface area (Å²) in [6, 6.07) is 21.4. The van der Waals surface area contributed by atoms with Gasteiger partial charge in [0.15, 0.2) is 0 Å². The van der Waals surface area contributed by atoms with E-state index in [1.165, 1.54) is 0 Å². The van der Waals surface area contributed by atoms with Gasteiger partial charge in [-0.2, -0.15) is 10.4 Å². The number of aromatic nitrogens is 2. The Hall–Kier alpha value is -2.38. The molecule has 3 aromatic rings. The van der Waals surface area contributed by atoms with Crippen LogP contribution in [-0.4, -0.2) is 9.78 Å². The Morgan fingerprint density at radius 2 is 1.70 bits per heavy atom. The summed E-state index contributed by atoms with van der Waals surface area (Å²) in [5.41, 5.74) is 3.50. The van der Waals surface area contributed by atoms with Crippen LogP contribution in [0, 0.1) is 11.3 Å². The van der Waals surface area contributed by atoms with Crippen LogP contribution in [-0.2, 0) is 0 Å². The molecular weight excluding hydrogens is 314 g/mol. The molecule has 0 unspecified atom stereocenters. The molecule has 0 saturated heterocycles. The molecule has 3 rings (SSSR count). The van der Waals surface area contributed by atoms with Crippen LogP contribution in [0.15, 0.2) is 65.3 Å². The average Bonchev–Trinajstić information content (AvgIpc) is 2.90. The number of halogens is 1. The van der Waals surface area contributed by atoms with E-state index in [9.17, 15) is 0 Å². The lowest BCUT2D eigenvalue weighted by Crippen LogP contribution is -1.96. The van der Waals surface area contributed by atoms with E-state index >= 15 is 0 Å². The van der Waals surface area contributed by atoms with Crippen LogP contribution >= 0.6 is 15.9 Å². The second kappa shape index (κ2) is 5.32. The van der Waals surface area contributed by atoms with Gasteiger partial charge in [-0.05, 0) is 46.3 Å². The molecule has 1 heterocycles. The maximum atomic E-state index is 8.82. The van der Waals surface area contributed by atoms with Crippen LogP contribution in [0.5, 0.6) is 0 Å². The minimum atomic E-state index is 0.648. The predicted octanol–water partition coefficient (Wildman–Crippen LogP) is 4.17. The fourth-order valence-corrected chi connectivity index (χ4v) is 2.47. The second-order valence-electron chi connectivity index (χ2n) is 4.29. The van der Waals surface area contributed by atoms with Crippen molar-refractivity contribution in [3.8, 4) is 23.0 Å². The molecule has 20 heavy (non-hydrogen) atoms. The van der Waals surface area contributed by atoms with E-state index in [-0.39, 0.29) is 0 Å². The van der Waals surface area contributed by atoms with E-state index in [0.717, 1.165) is 21.5 Å².